The number of hydrogen-bond donors (Lipinski definition) is 1. The van der Waals surface area contributed by atoms with Crippen LogP contribution in [0, 0.1) is 5.92 Å². The SMILES string of the molecule is CCNC(=O)C(C1CCCC1)N1CCN(C(=O)/C=C/c2ccccc2)CC1. The summed E-state index contributed by atoms with van der Waals surface area (Å²) in [6.45, 7) is 5.54. The predicted octanol–water partition coefficient (Wildman–Crippen LogP) is 2.54. The number of piperazine rings is 1. The molecule has 2 fully saturated rings. The fraction of sp³-hybridized carbons (Fsp3) is 0.545. The number of hydrogen-bond acceptors (Lipinski definition) is 3. The van der Waals surface area contributed by atoms with Crippen LogP contribution < -0.4 is 5.32 Å². The van der Waals surface area contributed by atoms with Crippen molar-refractivity contribution in [3.63, 3.8) is 0 Å². The lowest BCUT2D eigenvalue weighted by atomic mass is 9.95. The van der Waals surface area contributed by atoms with Gasteiger partial charge in [-0.25, -0.2) is 0 Å². The molecule has 27 heavy (non-hydrogen) atoms. The highest BCUT2D eigenvalue weighted by Crippen LogP contribution is 2.31. The fourth-order valence-electron chi connectivity index (χ4n) is 4.29. The number of benzene rings is 1. The van der Waals surface area contributed by atoms with E-state index in [-0.39, 0.29) is 17.9 Å². The summed E-state index contributed by atoms with van der Waals surface area (Å²) in [4.78, 5) is 29.3. The Labute approximate surface area is 162 Å². The Hall–Kier alpha value is -2.14. The minimum Gasteiger partial charge on any atom is -0.355 e. The summed E-state index contributed by atoms with van der Waals surface area (Å²) in [5.41, 5.74) is 1.03. The Morgan fingerprint density at radius 2 is 1.78 bits per heavy atom. The van der Waals surface area contributed by atoms with E-state index < -0.39 is 0 Å². The number of rotatable bonds is 6. The minimum absolute atomic E-state index is 0.0374. The highest BCUT2D eigenvalue weighted by Gasteiger charge is 2.36. The van der Waals surface area contributed by atoms with Crippen molar-refractivity contribution >= 4 is 17.9 Å². The maximum absolute atomic E-state index is 12.7. The Balaban J connectivity index is 1.56. The summed E-state index contributed by atoms with van der Waals surface area (Å²) >= 11 is 0. The molecule has 1 N–H and O–H groups in total. The zero-order chi connectivity index (χ0) is 19.1. The number of nitrogens with zero attached hydrogens (tertiary/aromatic N) is 2. The molecule has 1 heterocycles. The molecular formula is C22H31N3O2. The van der Waals surface area contributed by atoms with E-state index in [0.717, 1.165) is 31.5 Å². The van der Waals surface area contributed by atoms with Crippen molar-refractivity contribution in [2.24, 2.45) is 5.92 Å². The van der Waals surface area contributed by atoms with Crippen molar-refractivity contribution in [3.05, 3.63) is 42.0 Å². The summed E-state index contributed by atoms with van der Waals surface area (Å²) in [6, 6.07) is 9.83. The van der Waals surface area contributed by atoms with Gasteiger partial charge >= 0.3 is 0 Å². The lowest BCUT2D eigenvalue weighted by Crippen LogP contribution is -2.57. The van der Waals surface area contributed by atoms with Crippen molar-refractivity contribution in [2.75, 3.05) is 32.7 Å². The van der Waals surface area contributed by atoms with E-state index in [1.807, 2.05) is 48.2 Å². The molecule has 1 atom stereocenters. The third-order valence-corrected chi connectivity index (χ3v) is 5.70. The van der Waals surface area contributed by atoms with Crippen molar-refractivity contribution in [2.45, 2.75) is 38.6 Å². The first-order chi connectivity index (χ1) is 13.2. The van der Waals surface area contributed by atoms with E-state index in [0.29, 0.717) is 25.6 Å². The van der Waals surface area contributed by atoms with Crippen LogP contribution in [0.1, 0.15) is 38.2 Å². The third kappa shape index (κ3) is 5.19. The van der Waals surface area contributed by atoms with Crippen LogP contribution in [-0.4, -0.2) is 60.4 Å². The van der Waals surface area contributed by atoms with Crippen LogP contribution in [0.15, 0.2) is 36.4 Å². The molecule has 146 valence electrons. The molecule has 1 unspecified atom stereocenters. The van der Waals surface area contributed by atoms with Gasteiger partial charge in [0, 0.05) is 38.8 Å². The highest BCUT2D eigenvalue weighted by molar-refractivity contribution is 5.91. The van der Waals surface area contributed by atoms with Gasteiger partial charge < -0.3 is 10.2 Å². The van der Waals surface area contributed by atoms with Crippen molar-refractivity contribution < 1.29 is 9.59 Å². The summed E-state index contributed by atoms with van der Waals surface area (Å²) in [5, 5.41) is 3.02. The largest absolute Gasteiger partial charge is 0.355 e. The van der Waals surface area contributed by atoms with Crippen LogP contribution >= 0.6 is 0 Å². The number of amides is 2. The number of nitrogens with one attached hydrogen (secondary N) is 1. The first-order valence-electron chi connectivity index (χ1n) is 10.2. The molecule has 5 nitrogen and oxygen atoms in total. The van der Waals surface area contributed by atoms with Gasteiger partial charge in [-0.3, -0.25) is 14.5 Å². The molecule has 0 spiro atoms. The average molecular weight is 370 g/mol. The number of carbonyl (C=O) groups excluding carboxylic acids is 2. The Kier molecular flexibility index (Phi) is 7.04. The van der Waals surface area contributed by atoms with Crippen LogP contribution in [0.2, 0.25) is 0 Å². The molecule has 1 aromatic carbocycles. The predicted molar refractivity (Wildman–Crippen MR) is 108 cm³/mol. The summed E-state index contributed by atoms with van der Waals surface area (Å²) < 4.78 is 0. The Morgan fingerprint density at radius 3 is 2.41 bits per heavy atom. The molecule has 1 saturated carbocycles. The zero-order valence-electron chi connectivity index (χ0n) is 16.3. The standard InChI is InChI=1S/C22H31N3O2/c1-2-23-22(27)21(19-10-6-7-11-19)25-16-14-24(15-17-25)20(26)13-12-18-8-4-3-5-9-18/h3-5,8-9,12-13,19,21H,2,6-7,10-11,14-17H2,1H3,(H,23,27)/b13-12+. The van der Waals surface area contributed by atoms with E-state index in [4.69, 9.17) is 0 Å². The number of carbonyl (C=O) groups is 2. The Bertz CT molecular complexity index is 645. The second-order valence-corrected chi connectivity index (χ2v) is 7.49. The van der Waals surface area contributed by atoms with E-state index in [2.05, 4.69) is 10.2 Å². The lowest BCUT2D eigenvalue weighted by molar-refractivity contribution is -0.132. The number of likely N-dealkylation sites (N-methyl/N-ethyl adjacent to an activating group) is 1. The van der Waals surface area contributed by atoms with Gasteiger partial charge in [0.25, 0.3) is 0 Å². The fourth-order valence-corrected chi connectivity index (χ4v) is 4.29. The minimum atomic E-state index is -0.0374. The van der Waals surface area contributed by atoms with Gasteiger partial charge in [0.05, 0.1) is 6.04 Å². The molecule has 1 aromatic rings. The van der Waals surface area contributed by atoms with E-state index >= 15 is 0 Å². The molecule has 1 aliphatic heterocycles. The van der Waals surface area contributed by atoms with Crippen molar-refractivity contribution in [3.8, 4) is 0 Å². The first kappa shape index (κ1) is 19.6. The third-order valence-electron chi connectivity index (χ3n) is 5.70. The van der Waals surface area contributed by atoms with E-state index in [1.54, 1.807) is 6.08 Å². The molecular weight excluding hydrogens is 338 g/mol. The molecule has 2 amide bonds. The maximum atomic E-state index is 12.7. The van der Waals surface area contributed by atoms with Crippen molar-refractivity contribution in [1.82, 2.24) is 15.1 Å². The normalized spacial score (nSPS) is 20.1. The van der Waals surface area contributed by atoms with Gasteiger partial charge in [0.15, 0.2) is 0 Å². The van der Waals surface area contributed by atoms with Crippen LogP contribution in [0.3, 0.4) is 0 Å². The monoisotopic (exact) mass is 369 g/mol. The van der Waals surface area contributed by atoms with Gasteiger partial charge in [0.1, 0.15) is 0 Å². The van der Waals surface area contributed by atoms with Crippen LogP contribution in [0.5, 0.6) is 0 Å². The van der Waals surface area contributed by atoms with Crippen LogP contribution in [0.25, 0.3) is 6.08 Å². The van der Waals surface area contributed by atoms with Crippen molar-refractivity contribution in [1.29, 1.82) is 0 Å². The zero-order valence-corrected chi connectivity index (χ0v) is 16.3. The summed E-state index contributed by atoms with van der Waals surface area (Å²) in [7, 11) is 0. The smallest absolute Gasteiger partial charge is 0.246 e. The molecule has 5 heteroatoms. The second kappa shape index (κ2) is 9.70. The average Bonchev–Trinajstić information content (AvgIpc) is 3.22. The van der Waals surface area contributed by atoms with Gasteiger partial charge in [-0.15, -0.1) is 0 Å². The molecule has 1 saturated heterocycles. The molecule has 3 rings (SSSR count). The van der Waals surface area contributed by atoms with Gasteiger partial charge in [-0.2, -0.15) is 0 Å². The van der Waals surface area contributed by atoms with Gasteiger partial charge in [-0.05, 0) is 37.3 Å². The summed E-state index contributed by atoms with van der Waals surface area (Å²) in [6.07, 6.45) is 8.25. The van der Waals surface area contributed by atoms with Gasteiger partial charge in [0.2, 0.25) is 11.8 Å². The quantitative estimate of drug-likeness (QED) is 0.784. The van der Waals surface area contributed by atoms with Gasteiger partial charge in [-0.1, -0.05) is 43.2 Å². The lowest BCUT2D eigenvalue weighted by Gasteiger charge is -2.40. The second-order valence-electron chi connectivity index (χ2n) is 7.49. The van der Waals surface area contributed by atoms with E-state index in [9.17, 15) is 9.59 Å². The molecule has 2 aliphatic rings. The van der Waals surface area contributed by atoms with Crippen LogP contribution in [-0.2, 0) is 9.59 Å². The van der Waals surface area contributed by atoms with Crippen LogP contribution in [0.4, 0.5) is 0 Å². The Morgan fingerprint density at radius 1 is 1.11 bits per heavy atom. The molecule has 1 aliphatic carbocycles. The first-order valence-corrected chi connectivity index (χ1v) is 10.2. The topological polar surface area (TPSA) is 52.7 Å². The maximum Gasteiger partial charge on any atom is 0.246 e. The van der Waals surface area contributed by atoms with E-state index in [1.165, 1.54) is 12.8 Å². The molecule has 0 radical (unpaired) electrons. The molecule has 0 aromatic heterocycles. The summed E-state index contributed by atoms with van der Waals surface area (Å²) in [5.74, 6) is 0.666. The highest BCUT2D eigenvalue weighted by atomic mass is 16.2. The molecule has 0 bridgehead atoms.